The smallest absolute Gasteiger partial charge is 0.374 e. The van der Waals surface area contributed by atoms with E-state index in [2.05, 4.69) is 0 Å². The highest BCUT2D eigenvalue weighted by Crippen LogP contribution is 2.23. The third-order valence-corrected chi connectivity index (χ3v) is 4.38. The molecule has 0 N–H and O–H groups in total. The number of ether oxygens (including phenoxy) is 1. The highest BCUT2D eigenvalue weighted by atomic mass is 16.5. The molecular weight excluding hydrogens is 304 g/mol. The molecule has 1 aliphatic rings. The van der Waals surface area contributed by atoms with Gasteiger partial charge in [-0.2, -0.15) is 0 Å². The molecule has 120 valence electrons. The largest absolute Gasteiger partial charge is 0.451 e. The van der Waals surface area contributed by atoms with E-state index in [9.17, 15) is 9.59 Å². The molecule has 0 amide bonds. The monoisotopic (exact) mass is 320 g/mol. The molecular formula is C20H16O4. The van der Waals surface area contributed by atoms with Crippen LogP contribution in [0.25, 0.3) is 11.0 Å². The number of furan rings is 1. The van der Waals surface area contributed by atoms with E-state index in [1.807, 2.05) is 36.4 Å². The first-order valence-corrected chi connectivity index (χ1v) is 8.01. The van der Waals surface area contributed by atoms with Crippen molar-refractivity contribution >= 4 is 22.7 Å². The van der Waals surface area contributed by atoms with Crippen molar-refractivity contribution in [3.8, 4) is 0 Å². The van der Waals surface area contributed by atoms with Crippen molar-refractivity contribution in [1.82, 2.24) is 0 Å². The molecule has 1 aliphatic carbocycles. The second-order valence-electron chi connectivity index (χ2n) is 5.98. The number of carbonyl (C=O) groups is 2. The standard InChI is InChI=1S/C20H16O4/c21-17(15-9-8-13-5-3-6-14(13)10-15)12-23-20(22)19-11-16-4-1-2-7-18(16)24-19/h1-2,4,7-11H,3,5-6,12H2. The van der Waals surface area contributed by atoms with Gasteiger partial charge in [-0.15, -0.1) is 0 Å². The van der Waals surface area contributed by atoms with Crippen molar-refractivity contribution in [1.29, 1.82) is 0 Å². The molecule has 24 heavy (non-hydrogen) atoms. The van der Waals surface area contributed by atoms with Crippen LogP contribution in [0.1, 0.15) is 38.5 Å². The van der Waals surface area contributed by atoms with E-state index in [1.54, 1.807) is 12.1 Å². The van der Waals surface area contributed by atoms with Crippen LogP contribution in [0, 0.1) is 0 Å². The minimum atomic E-state index is -0.624. The highest BCUT2D eigenvalue weighted by Gasteiger charge is 2.18. The molecule has 0 bridgehead atoms. The van der Waals surface area contributed by atoms with Gasteiger partial charge in [-0.1, -0.05) is 30.3 Å². The Morgan fingerprint density at radius 1 is 1.00 bits per heavy atom. The number of hydrogen-bond donors (Lipinski definition) is 0. The van der Waals surface area contributed by atoms with E-state index >= 15 is 0 Å². The number of para-hydroxylation sites is 1. The van der Waals surface area contributed by atoms with Gasteiger partial charge in [-0.05, 0) is 48.6 Å². The van der Waals surface area contributed by atoms with Gasteiger partial charge in [-0.3, -0.25) is 4.79 Å². The fraction of sp³-hybridized carbons (Fsp3) is 0.200. The Morgan fingerprint density at radius 3 is 2.71 bits per heavy atom. The van der Waals surface area contributed by atoms with Gasteiger partial charge in [0.2, 0.25) is 5.76 Å². The first-order chi connectivity index (χ1) is 11.7. The summed E-state index contributed by atoms with van der Waals surface area (Å²) in [5, 5.41) is 0.828. The first-order valence-electron chi connectivity index (χ1n) is 8.01. The Labute approximate surface area is 139 Å². The molecule has 1 heterocycles. The third-order valence-electron chi connectivity index (χ3n) is 4.38. The van der Waals surface area contributed by atoms with E-state index < -0.39 is 5.97 Å². The number of Topliss-reactive ketones (excluding diaryl/α,β-unsaturated/α-hetero) is 1. The van der Waals surface area contributed by atoms with Gasteiger partial charge in [0.25, 0.3) is 0 Å². The van der Waals surface area contributed by atoms with Gasteiger partial charge in [0.05, 0.1) is 0 Å². The third kappa shape index (κ3) is 2.71. The Morgan fingerprint density at radius 2 is 1.83 bits per heavy atom. The lowest BCUT2D eigenvalue weighted by atomic mass is 10.0. The van der Waals surface area contributed by atoms with Gasteiger partial charge in [0.15, 0.2) is 12.4 Å². The molecule has 0 spiro atoms. The summed E-state index contributed by atoms with van der Waals surface area (Å²) in [6.07, 6.45) is 3.22. The second-order valence-corrected chi connectivity index (χ2v) is 5.98. The molecule has 0 aliphatic heterocycles. The Hall–Kier alpha value is -2.88. The number of rotatable bonds is 4. The molecule has 0 fully saturated rings. The number of esters is 1. The van der Waals surface area contributed by atoms with Crippen molar-refractivity contribution in [2.45, 2.75) is 19.3 Å². The number of aryl methyl sites for hydroxylation is 2. The maximum atomic E-state index is 12.2. The van der Waals surface area contributed by atoms with Crippen LogP contribution in [0.15, 0.2) is 52.9 Å². The summed E-state index contributed by atoms with van der Waals surface area (Å²) < 4.78 is 10.6. The second kappa shape index (κ2) is 5.96. The number of fused-ring (bicyclic) bond motifs is 2. The lowest BCUT2D eigenvalue weighted by Gasteiger charge is -2.05. The fourth-order valence-corrected chi connectivity index (χ4v) is 3.11. The van der Waals surface area contributed by atoms with Gasteiger partial charge < -0.3 is 9.15 Å². The Bertz CT molecular complexity index is 903. The van der Waals surface area contributed by atoms with Gasteiger partial charge in [-0.25, -0.2) is 4.79 Å². The average molecular weight is 320 g/mol. The summed E-state index contributed by atoms with van der Waals surface area (Å²) in [5.41, 5.74) is 3.75. The number of carbonyl (C=O) groups excluding carboxylic acids is 2. The first kappa shape index (κ1) is 14.7. The number of benzene rings is 2. The summed E-state index contributed by atoms with van der Waals surface area (Å²) in [5.74, 6) is -0.715. The molecule has 1 aromatic heterocycles. The number of ketones is 1. The van der Waals surface area contributed by atoms with Crippen LogP contribution in [0.2, 0.25) is 0 Å². The van der Waals surface area contributed by atoms with Gasteiger partial charge in [0, 0.05) is 10.9 Å². The van der Waals surface area contributed by atoms with E-state index in [4.69, 9.17) is 9.15 Å². The van der Waals surface area contributed by atoms with E-state index in [0.717, 1.165) is 24.6 Å². The zero-order valence-electron chi connectivity index (χ0n) is 13.1. The predicted octanol–water partition coefficient (Wildman–Crippen LogP) is 3.96. The number of hydrogen-bond acceptors (Lipinski definition) is 4. The Balaban J connectivity index is 1.44. The summed E-state index contributed by atoms with van der Waals surface area (Å²) in [6, 6.07) is 14.7. The van der Waals surface area contributed by atoms with Gasteiger partial charge in [0.1, 0.15) is 5.58 Å². The van der Waals surface area contributed by atoms with Crippen LogP contribution in [-0.4, -0.2) is 18.4 Å². The predicted molar refractivity (Wildman–Crippen MR) is 89.3 cm³/mol. The summed E-state index contributed by atoms with van der Waals surface area (Å²) in [7, 11) is 0. The molecule has 0 radical (unpaired) electrons. The summed E-state index contributed by atoms with van der Waals surface area (Å²) >= 11 is 0. The van der Waals surface area contributed by atoms with Crippen molar-refractivity contribution in [3.63, 3.8) is 0 Å². The summed E-state index contributed by atoms with van der Waals surface area (Å²) in [4.78, 5) is 24.3. The molecule has 4 heteroatoms. The minimum absolute atomic E-state index is 0.109. The van der Waals surface area contributed by atoms with Crippen molar-refractivity contribution in [3.05, 3.63) is 71.0 Å². The van der Waals surface area contributed by atoms with Crippen LogP contribution < -0.4 is 0 Å². The zero-order chi connectivity index (χ0) is 16.5. The van der Waals surface area contributed by atoms with Crippen molar-refractivity contribution in [2.24, 2.45) is 0 Å². The van der Waals surface area contributed by atoms with E-state index in [0.29, 0.717) is 11.1 Å². The molecule has 2 aromatic carbocycles. The van der Waals surface area contributed by atoms with Crippen LogP contribution in [0.3, 0.4) is 0 Å². The van der Waals surface area contributed by atoms with E-state index in [-0.39, 0.29) is 18.2 Å². The normalized spacial score (nSPS) is 13.0. The quantitative estimate of drug-likeness (QED) is 0.539. The lowest BCUT2D eigenvalue weighted by Crippen LogP contribution is -2.14. The molecule has 0 saturated carbocycles. The van der Waals surface area contributed by atoms with Crippen LogP contribution in [-0.2, 0) is 17.6 Å². The maximum absolute atomic E-state index is 12.2. The van der Waals surface area contributed by atoms with Gasteiger partial charge >= 0.3 is 5.97 Å². The highest BCUT2D eigenvalue weighted by molar-refractivity contribution is 5.99. The lowest BCUT2D eigenvalue weighted by molar-refractivity contribution is 0.0446. The summed E-state index contributed by atoms with van der Waals surface area (Å²) in [6.45, 7) is -0.283. The van der Waals surface area contributed by atoms with Crippen molar-refractivity contribution < 1.29 is 18.7 Å². The fourth-order valence-electron chi connectivity index (χ4n) is 3.11. The SMILES string of the molecule is O=C(COC(=O)c1cc2ccccc2o1)c1ccc2c(c1)CCC2. The van der Waals surface area contributed by atoms with Crippen molar-refractivity contribution in [2.75, 3.05) is 6.61 Å². The van der Waals surface area contributed by atoms with Crippen LogP contribution in [0.5, 0.6) is 0 Å². The zero-order valence-corrected chi connectivity index (χ0v) is 13.1. The molecule has 0 atom stereocenters. The molecule has 0 saturated heterocycles. The average Bonchev–Trinajstić information content (AvgIpc) is 3.24. The maximum Gasteiger partial charge on any atom is 0.374 e. The minimum Gasteiger partial charge on any atom is -0.451 e. The molecule has 0 unspecified atom stereocenters. The Kier molecular flexibility index (Phi) is 3.65. The molecule has 3 aromatic rings. The topological polar surface area (TPSA) is 56.5 Å². The van der Waals surface area contributed by atoms with E-state index in [1.165, 1.54) is 11.1 Å². The van der Waals surface area contributed by atoms with Crippen LogP contribution in [0.4, 0.5) is 0 Å². The molecule has 4 nitrogen and oxygen atoms in total. The van der Waals surface area contributed by atoms with Crippen LogP contribution >= 0.6 is 0 Å². The molecule has 4 rings (SSSR count).